The monoisotopic (exact) mass is 846 g/mol. The molecule has 0 aliphatic heterocycles. The molecule has 0 fully saturated rings. The van der Waals surface area contributed by atoms with Crippen molar-refractivity contribution in [2.75, 3.05) is 9.80 Å². The summed E-state index contributed by atoms with van der Waals surface area (Å²) in [5, 5.41) is 6.72. The van der Waals surface area contributed by atoms with Gasteiger partial charge in [-0.25, -0.2) is 0 Å². The Morgan fingerprint density at radius 1 is 0.273 bits per heavy atom. The van der Waals surface area contributed by atoms with Crippen molar-refractivity contribution in [2.45, 2.75) is 0 Å². The van der Waals surface area contributed by atoms with Gasteiger partial charge in [-0.1, -0.05) is 133 Å². The highest BCUT2D eigenvalue weighted by Crippen LogP contribution is 2.44. The van der Waals surface area contributed by atoms with Gasteiger partial charge in [0.15, 0.2) is 11.2 Å². The molecule has 0 bridgehead atoms. The third-order valence-corrected chi connectivity index (χ3v) is 12.8. The second-order valence-corrected chi connectivity index (χ2v) is 16.8. The molecule has 0 radical (unpaired) electrons. The Morgan fingerprint density at radius 2 is 0.606 bits per heavy atom. The van der Waals surface area contributed by atoms with E-state index in [1.165, 1.54) is 11.1 Å². The van der Waals surface area contributed by atoms with Crippen LogP contribution in [-0.2, 0) is 0 Å². The number of nitrogens with zero attached hydrogens (tertiary/aromatic N) is 2. The van der Waals surface area contributed by atoms with E-state index >= 15 is 0 Å². The Kier molecular flexibility index (Phi) is 8.32. The fourth-order valence-corrected chi connectivity index (χ4v) is 9.54. The van der Waals surface area contributed by atoms with E-state index in [4.69, 9.17) is 8.83 Å². The molecule has 0 saturated heterocycles. The average molecular weight is 847 g/mol. The van der Waals surface area contributed by atoms with Crippen LogP contribution < -0.4 is 9.80 Å². The lowest BCUT2D eigenvalue weighted by Crippen LogP contribution is -2.09. The van der Waals surface area contributed by atoms with Gasteiger partial charge in [-0.15, -0.1) is 0 Å². The van der Waals surface area contributed by atoms with Gasteiger partial charge in [0, 0.05) is 55.7 Å². The molecule has 0 amide bonds. The lowest BCUT2D eigenvalue weighted by atomic mass is 10.0. The second-order valence-electron chi connectivity index (χ2n) is 16.8. The lowest BCUT2D eigenvalue weighted by Gasteiger charge is -2.26. The number of para-hydroxylation sites is 2. The van der Waals surface area contributed by atoms with Crippen LogP contribution in [0.1, 0.15) is 2.74 Å². The molecule has 13 rings (SSSR count). The van der Waals surface area contributed by atoms with Crippen molar-refractivity contribution in [3.8, 4) is 22.3 Å². The minimum Gasteiger partial charge on any atom is -0.452 e. The molecule has 13 aromatic rings. The van der Waals surface area contributed by atoms with Gasteiger partial charge in [0.25, 0.3) is 0 Å². The first-order valence-electron chi connectivity index (χ1n) is 23.2. The summed E-state index contributed by atoms with van der Waals surface area (Å²) >= 11 is 0. The number of furan rings is 2. The maximum Gasteiger partial charge on any atom is 0.178 e. The van der Waals surface area contributed by atoms with Crippen molar-refractivity contribution < 1.29 is 11.6 Å². The molecule has 0 N–H and O–H groups in total. The van der Waals surface area contributed by atoms with Crippen molar-refractivity contribution in [3.63, 3.8) is 0 Å². The minimum absolute atomic E-state index is 0.117. The largest absolute Gasteiger partial charge is 0.452 e. The average Bonchev–Trinajstić information content (AvgIpc) is 3.96. The van der Waals surface area contributed by atoms with Gasteiger partial charge < -0.3 is 18.6 Å². The molecule has 0 aliphatic rings. The van der Waals surface area contributed by atoms with Crippen LogP contribution in [0.25, 0.3) is 87.7 Å². The molecule has 310 valence electrons. The van der Waals surface area contributed by atoms with Gasteiger partial charge in [0.2, 0.25) is 0 Å². The zero-order chi connectivity index (χ0) is 45.3. The van der Waals surface area contributed by atoms with Crippen molar-refractivity contribution >= 4 is 99.5 Å². The first-order valence-corrected chi connectivity index (χ1v) is 22.2. The van der Waals surface area contributed by atoms with E-state index in [2.05, 4.69) is 216 Å². The summed E-state index contributed by atoms with van der Waals surface area (Å²) < 4.78 is 32.3. The summed E-state index contributed by atoms with van der Waals surface area (Å²) in [6.07, 6.45) is 0. The predicted octanol–water partition coefficient (Wildman–Crippen LogP) is 18.1. The molecule has 2 heterocycles. The van der Waals surface area contributed by atoms with Crippen LogP contribution in [0.3, 0.4) is 0 Å². The van der Waals surface area contributed by atoms with Gasteiger partial charge in [-0.05, 0) is 153 Å². The van der Waals surface area contributed by atoms with E-state index < -0.39 is 0 Å². The summed E-state index contributed by atoms with van der Waals surface area (Å²) in [7, 11) is 0. The van der Waals surface area contributed by atoms with Crippen molar-refractivity contribution in [1.29, 1.82) is 0 Å². The van der Waals surface area contributed by atoms with E-state index in [0.29, 0.717) is 33.1 Å². The van der Waals surface area contributed by atoms with Crippen LogP contribution in [-0.4, -0.2) is 0 Å². The maximum absolute atomic E-state index is 9.40. The van der Waals surface area contributed by atoms with E-state index in [1.807, 2.05) is 24.3 Å². The fraction of sp³-hybridized carbons (Fsp3) is 0. The van der Waals surface area contributed by atoms with Crippen molar-refractivity contribution in [1.82, 2.24) is 0 Å². The lowest BCUT2D eigenvalue weighted by molar-refractivity contribution is 0.634. The molecule has 4 nitrogen and oxygen atoms in total. The van der Waals surface area contributed by atoms with Gasteiger partial charge in [0.05, 0.1) is 2.74 Å². The molecule has 4 heteroatoms. The summed E-state index contributed by atoms with van der Waals surface area (Å²) in [6, 6.07) is 80.4. The summed E-state index contributed by atoms with van der Waals surface area (Å²) in [6.45, 7) is 0. The first-order chi connectivity index (χ1) is 33.5. The number of rotatable bonds is 8. The van der Waals surface area contributed by atoms with Crippen LogP contribution in [0, 0.1) is 0 Å². The van der Waals surface area contributed by atoms with Crippen LogP contribution in [0.5, 0.6) is 0 Å². The Balaban J connectivity index is 0.910. The Morgan fingerprint density at radius 3 is 1.00 bits per heavy atom. The molecule has 11 aromatic carbocycles. The summed E-state index contributed by atoms with van der Waals surface area (Å²) in [4.78, 5) is 4.53. The topological polar surface area (TPSA) is 32.8 Å². The molecule has 0 saturated carbocycles. The zero-order valence-electron chi connectivity index (χ0n) is 37.7. The Labute approximate surface area is 384 Å². The number of fused-ring (bicyclic) bond motifs is 9. The van der Waals surface area contributed by atoms with E-state index in [1.54, 1.807) is 0 Å². The number of hydrogen-bond donors (Lipinski definition) is 0. The highest BCUT2D eigenvalue weighted by atomic mass is 16.4. The fourth-order valence-electron chi connectivity index (χ4n) is 9.54. The number of benzene rings is 11. The van der Waals surface area contributed by atoms with Crippen LogP contribution in [0.15, 0.2) is 251 Å². The Hall–Kier alpha value is -8.86. The molecule has 0 spiro atoms. The minimum atomic E-state index is 0.117. The smallest absolute Gasteiger partial charge is 0.178 e. The third-order valence-electron chi connectivity index (χ3n) is 12.8. The van der Waals surface area contributed by atoms with Crippen LogP contribution in [0.4, 0.5) is 34.1 Å². The van der Waals surface area contributed by atoms with Crippen molar-refractivity contribution in [2.24, 2.45) is 0 Å². The molecular weight excluding hydrogens is 805 g/mol. The van der Waals surface area contributed by atoms with Gasteiger partial charge in [0.1, 0.15) is 11.2 Å². The molecular formula is C62H40N2O2. The summed E-state index contributed by atoms with van der Waals surface area (Å²) in [5.41, 5.74) is 13.1. The van der Waals surface area contributed by atoms with Gasteiger partial charge in [-0.2, -0.15) is 0 Å². The highest BCUT2D eigenvalue weighted by molar-refractivity contribution is 6.21. The maximum atomic E-state index is 9.40. The standard InChI is InChI=1S/C62H40N2O2/c1-5-13-41(14-6-1)43-21-27-51(28-22-43)63(49-17-9-3-10-18-49)53-31-25-45-37-57-55-33-34-56-58-38-46-26-32-54(36-48(46)40-60(58)66-62(56)61(55)65-59(57)39-47(45)35-53)64(50-19-11-4-12-20-50)52-29-23-44(24-30-52)42-15-7-2-8-16-42/h1-40H/i33D,34D. The normalized spacial score (nSPS) is 12.1. The van der Waals surface area contributed by atoms with Gasteiger partial charge in [-0.3, -0.25) is 0 Å². The molecule has 0 unspecified atom stereocenters. The number of anilines is 6. The zero-order valence-corrected chi connectivity index (χ0v) is 35.7. The highest BCUT2D eigenvalue weighted by Gasteiger charge is 2.20. The summed E-state index contributed by atoms with van der Waals surface area (Å²) in [5.74, 6) is 0. The van der Waals surface area contributed by atoms with E-state index in [0.717, 1.165) is 77.6 Å². The van der Waals surface area contributed by atoms with E-state index in [9.17, 15) is 2.74 Å². The Bertz CT molecular complexity index is 3760. The molecule has 0 atom stereocenters. The van der Waals surface area contributed by atoms with Crippen molar-refractivity contribution in [3.05, 3.63) is 243 Å². The molecule has 2 aromatic heterocycles. The first kappa shape index (κ1) is 35.6. The second kappa shape index (κ2) is 15.4. The van der Waals surface area contributed by atoms with Crippen LogP contribution >= 0.6 is 0 Å². The van der Waals surface area contributed by atoms with Gasteiger partial charge >= 0.3 is 0 Å². The SMILES string of the molecule is [2H]c1c([2H])c2c3cc4ccc(N(c5ccccc5)c5ccc(-c6ccccc6)cc5)cc4cc3oc2c2oc3cc4cc(N(c5ccccc5)c5ccc(-c6ccccc6)cc5)ccc4cc3c12. The van der Waals surface area contributed by atoms with Crippen LogP contribution in [0.2, 0.25) is 0 Å². The molecule has 66 heavy (non-hydrogen) atoms. The van der Waals surface area contributed by atoms with E-state index in [-0.39, 0.29) is 12.1 Å². The molecule has 0 aliphatic carbocycles. The quantitative estimate of drug-likeness (QED) is 0.153. The number of hydrogen-bond acceptors (Lipinski definition) is 4. The predicted molar refractivity (Wildman–Crippen MR) is 276 cm³/mol. The third kappa shape index (κ3) is 6.46.